The second kappa shape index (κ2) is 4.08. The van der Waals surface area contributed by atoms with E-state index >= 15 is 0 Å². The van der Waals surface area contributed by atoms with Crippen LogP contribution in [0, 0.1) is 13.7 Å². The molecule has 6 nitrogen and oxygen atoms in total. The van der Waals surface area contributed by atoms with E-state index < -0.39 is 4.92 Å². The number of hydrogen-bond donors (Lipinski definition) is 1. The summed E-state index contributed by atoms with van der Waals surface area (Å²) in [6, 6.07) is 6.12. The first-order chi connectivity index (χ1) is 7.59. The summed E-state index contributed by atoms with van der Waals surface area (Å²) in [5.74, 6) is 0.726. The Morgan fingerprint density at radius 1 is 1.50 bits per heavy atom. The number of hydrogen-bond acceptors (Lipinski definition) is 5. The first-order valence-corrected chi connectivity index (χ1v) is 5.33. The number of nitro benzene ring substituents is 1. The predicted octanol–water partition coefficient (Wildman–Crippen LogP) is 2.44. The smallest absolute Gasteiger partial charge is 0.270 e. The summed E-state index contributed by atoms with van der Waals surface area (Å²) in [6.45, 7) is 0. The number of nitrogen functional groups attached to an aromatic ring is 1. The Balaban J connectivity index is 2.52. The number of benzene rings is 1. The van der Waals surface area contributed by atoms with Gasteiger partial charge in [-0.25, -0.2) is 0 Å². The number of nitro groups is 1. The third-order valence-corrected chi connectivity index (χ3v) is 3.02. The minimum absolute atomic E-state index is 0.00303. The average Bonchev–Trinajstić information content (AvgIpc) is 2.60. The highest BCUT2D eigenvalue weighted by molar-refractivity contribution is 14.1. The van der Waals surface area contributed by atoms with Crippen LogP contribution in [-0.4, -0.2) is 10.1 Å². The van der Waals surface area contributed by atoms with E-state index in [1.165, 1.54) is 12.1 Å². The summed E-state index contributed by atoms with van der Waals surface area (Å²) in [6.07, 6.45) is 0. The van der Waals surface area contributed by atoms with Gasteiger partial charge in [-0.15, -0.1) is 0 Å². The largest absolute Gasteiger partial charge is 0.380 e. The summed E-state index contributed by atoms with van der Waals surface area (Å²) in [5.41, 5.74) is 6.12. The SMILES string of the molecule is Nc1noc(-c2cccc([N+](=O)[O-])c2)c1I. The van der Waals surface area contributed by atoms with Crippen molar-refractivity contribution in [3.8, 4) is 11.3 Å². The van der Waals surface area contributed by atoms with Crippen LogP contribution in [0.5, 0.6) is 0 Å². The van der Waals surface area contributed by atoms with Crippen molar-refractivity contribution in [3.05, 3.63) is 37.9 Å². The zero-order valence-electron chi connectivity index (χ0n) is 7.88. The fourth-order valence-electron chi connectivity index (χ4n) is 1.23. The van der Waals surface area contributed by atoms with Crippen molar-refractivity contribution < 1.29 is 9.45 Å². The monoisotopic (exact) mass is 331 g/mol. The molecule has 0 spiro atoms. The van der Waals surface area contributed by atoms with Gasteiger partial charge in [0.25, 0.3) is 5.69 Å². The molecule has 0 saturated carbocycles. The number of anilines is 1. The van der Waals surface area contributed by atoms with Gasteiger partial charge < -0.3 is 10.3 Å². The van der Waals surface area contributed by atoms with Crippen LogP contribution in [0.4, 0.5) is 11.5 Å². The van der Waals surface area contributed by atoms with Gasteiger partial charge in [0.05, 0.1) is 4.92 Å². The van der Waals surface area contributed by atoms with E-state index in [4.69, 9.17) is 10.3 Å². The van der Waals surface area contributed by atoms with Crippen LogP contribution in [-0.2, 0) is 0 Å². The van der Waals surface area contributed by atoms with Crippen molar-refractivity contribution in [1.82, 2.24) is 5.16 Å². The molecule has 82 valence electrons. The Hall–Kier alpha value is -1.64. The van der Waals surface area contributed by atoms with Crippen LogP contribution >= 0.6 is 22.6 Å². The van der Waals surface area contributed by atoms with Crippen molar-refractivity contribution >= 4 is 34.1 Å². The van der Waals surface area contributed by atoms with Gasteiger partial charge in [0.1, 0.15) is 3.57 Å². The molecule has 16 heavy (non-hydrogen) atoms. The van der Waals surface area contributed by atoms with Gasteiger partial charge in [-0.05, 0) is 22.6 Å². The number of nitrogens with two attached hydrogens (primary N) is 1. The van der Waals surface area contributed by atoms with Gasteiger partial charge in [0.15, 0.2) is 11.6 Å². The molecule has 0 bridgehead atoms. The maximum absolute atomic E-state index is 10.6. The Morgan fingerprint density at radius 2 is 2.25 bits per heavy atom. The number of non-ortho nitro benzene ring substituents is 1. The van der Waals surface area contributed by atoms with Crippen LogP contribution < -0.4 is 5.73 Å². The lowest BCUT2D eigenvalue weighted by atomic mass is 10.1. The number of rotatable bonds is 2. The standard InChI is InChI=1S/C9H6IN3O3/c10-7-8(16-12-9(7)11)5-2-1-3-6(4-5)13(14)15/h1-4H,(H2,11,12). The van der Waals surface area contributed by atoms with Crippen LogP contribution in [0.3, 0.4) is 0 Å². The molecule has 0 saturated heterocycles. The lowest BCUT2D eigenvalue weighted by Gasteiger charge is -1.96. The molecule has 2 rings (SSSR count). The highest BCUT2D eigenvalue weighted by atomic mass is 127. The minimum Gasteiger partial charge on any atom is -0.380 e. The van der Waals surface area contributed by atoms with Gasteiger partial charge in [0.2, 0.25) is 0 Å². The molecule has 0 radical (unpaired) electrons. The number of aromatic nitrogens is 1. The fraction of sp³-hybridized carbons (Fsp3) is 0. The summed E-state index contributed by atoms with van der Waals surface area (Å²) in [5, 5.41) is 14.2. The average molecular weight is 331 g/mol. The Kier molecular flexibility index (Phi) is 2.77. The van der Waals surface area contributed by atoms with E-state index in [9.17, 15) is 10.1 Å². The molecule has 2 aromatic rings. The molecule has 0 fully saturated rings. The molecule has 1 aromatic heterocycles. The second-order valence-corrected chi connectivity index (χ2v) is 4.10. The molecular formula is C9H6IN3O3. The Labute approximate surface area is 104 Å². The lowest BCUT2D eigenvalue weighted by molar-refractivity contribution is -0.384. The van der Waals surface area contributed by atoms with E-state index in [1.807, 2.05) is 22.6 Å². The maximum atomic E-state index is 10.6. The predicted molar refractivity (Wildman–Crippen MR) is 65.7 cm³/mol. The van der Waals surface area contributed by atoms with E-state index in [1.54, 1.807) is 12.1 Å². The molecule has 0 aliphatic rings. The van der Waals surface area contributed by atoms with Crippen LogP contribution in [0.25, 0.3) is 11.3 Å². The van der Waals surface area contributed by atoms with Gasteiger partial charge in [-0.3, -0.25) is 10.1 Å². The Bertz CT molecular complexity index is 553. The van der Waals surface area contributed by atoms with E-state index in [0.717, 1.165) is 0 Å². The highest BCUT2D eigenvalue weighted by Gasteiger charge is 2.15. The van der Waals surface area contributed by atoms with Crippen molar-refractivity contribution in [2.75, 3.05) is 5.73 Å². The second-order valence-electron chi connectivity index (χ2n) is 3.02. The normalized spacial score (nSPS) is 10.3. The fourth-order valence-corrected chi connectivity index (χ4v) is 1.74. The summed E-state index contributed by atoms with van der Waals surface area (Å²) >= 11 is 1.98. The number of nitrogens with zero attached hydrogens (tertiary/aromatic N) is 2. The number of halogens is 1. The van der Waals surface area contributed by atoms with Crippen molar-refractivity contribution in [2.24, 2.45) is 0 Å². The zero-order valence-corrected chi connectivity index (χ0v) is 10.0. The third-order valence-electron chi connectivity index (χ3n) is 1.98. The van der Waals surface area contributed by atoms with Crippen molar-refractivity contribution in [3.63, 3.8) is 0 Å². The van der Waals surface area contributed by atoms with E-state index in [-0.39, 0.29) is 11.5 Å². The topological polar surface area (TPSA) is 95.2 Å². The molecular weight excluding hydrogens is 325 g/mol. The third kappa shape index (κ3) is 1.85. The zero-order chi connectivity index (χ0) is 11.7. The summed E-state index contributed by atoms with van der Waals surface area (Å²) in [7, 11) is 0. The Morgan fingerprint density at radius 3 is 2.81 bits per heavy atom. The molecule has 7 heteroatoms. The van der Waals surface area contributed by atoms with Crippen molar-refractivity contribution in [1.29, 1.82) is 0 Å². The van der Waals surface area contributed by atoms with E-state index in [0.29, 0.717) is 14.9 Å². The minimum atomic E-state index is -0.462. The molecule has 0 aliphatic carbocycles. The van der Waals surface area contributed by atoms with Gasteiger partial charge >= 0.3 is 0 Å². The van der Waals surface area contributed by atoms with Gasteiger partial charge in [0, 0.05) is 17.7 Å². The molecule has 0 unspecified atom stereocenters. The van der Waals surface area contributed by atoms with Gasteiger partial charge in [-0.2, -0.15) is 0 Å². The van der Waals surface area contributed by atoms with Crippen LogP contribution in [0.2, 0.25) is 0 Å². The quantitative estimate of drug-likeness (QED) is 0.518. The van der Waals surface area contributed by atoms with Gasteiger partial charge in [-0.1, -0.05) is 17.3 Å². The molecule has 0 atom stereocenters. The molecule has 0 amide bonds. The molecule has 2 N–H and O–H groups in total. The molecule has 1 heterocycles. The van der Waals surface area contributed by atoms with Crippen LogP contribution in [0.15, 0.2) is 28.8 Å². The lowest BCUT2D eigenvalue weighted by Crippen LogP contribution is -1.89. The molecule has 1 aromatic carbocycles. The maximum Gasteiger partial charge on any atom is 0.270 e. The summed E-state index contributed by atoms with van der Waals surface area (Å²) in [4.78, 5) is 10.1. The van der Waals surface area contributed by atoms with E-state index in [2.05, 4.69) is 5.16 Å². The van der Waals surface area contributed by atoms with Crippen molar-refractivity contribution in [2.45, 2.75) is 0 Å². The first kappa shape index (κ1) is 10.9. The first-order valence-electron chi connectivity index (χ1n) is 4.25. The van der Waals surface area contributed by atoms with Crippen LogP contribution in [0.1, 0.15) is 0 Å². The summed E-state index contributed by atoms with van der Waals surface area (Å²) < 4.78 is 5.66. The molecule has 0 aliphatic heterocycles. The highest BCUT2D eigenvalue weighted by Crippen LogP contribution is 2.30.